The Bertz CT molecular complexity index is 1140. The number of nitrogens with zero attached hydrogens (tertiary/aromatic N) is 1. The molecule has 0 fully saturated rings. The van der Waals surface area contributed by atoms with Crippen LogP contribution in [0.15, 0.2) is 77.3 Å². The van der Waals surface area contributed by atoms with Crippen molar-refractivity contribution in [2.75, 3.05) is 19.5 Å². The number of benzene rings is 3. The molecule has 1 aliphatic rings. The second kappa shape index (κ2) is 8.13. The van der Waals surface area contributed by atoms with Crippen LogP contribution in [0.1, 0.15) is 11.1 Å². The van der Waals surface area contributed by atoms with Gasteiger partial charge in [0.2, 0.25) is 5.75 Å². The fourth-order valence-corrected chi connectivity index (χ4v) is 3.27. The van der Waals surface area contributed by atoms with Crippen molar-refractivity contribution in [2.45, 2.75) is 0 Å². The van der Waals surface area contributed by atoms with Crippen LogP contribution in [0.2, 0.25) is 0 Å². The number of phenolic OH excluding ortho intramolecular Hbond substituents is 1. The van der Waals surface area contributed by atoms with E-state index in [-0.39, 0.29) is 23.2 Å². The fraction of sp³-hybridized carbons (Fsp3) is 0.0833. The number of phenols is 1. The number of amides is 1. The summed E-state index contributed by atoms with van der Waals surface area (Å²) < 4.78 is 10.5. The van der Waals surface area contributed by atoms with Crippen molar-refractivity contribution in [3.8, 4) is 17.2 Å². The number of para-hydroxylation sites is 2. The van der Waals surface area contributed by atoms with E-state index >= 15 is 0 Å². The third-order valence-electron chi connectivity index (χ3n) is 4.74. The van der Waals surface area contributed by atoms with E-state index in [9.17, 15) is 9.90 Å². The van der Waals surface area contributed by atoms with E-state index in [0.717, 1.165) is 5.56 Å². The molecule has 0 aliphatic carbocycles. The molecule has 3 aromatic carbocycles. The van der Waals surface area contributed by atoms with Gasteiger partial charge in [0.25, 0.3) is 5.91 Å². The lowest BCUT2D eigenvalue weighted by Gasteiger charge is -2.12. The van der Waals surface area contributed by atoms with Crippen LogP contribution in [0.3, 0.4) is 0 Å². The summed E-state index contributed by atoms with van der Waals surface area (Å²) in [7, 11) is 2.91. The largest absolute Gasteiger partial charge is 0.502 e. The van der Waals surface area contributed by atoms with Gasteiger partial charge in [0.05, 0.1) is 36.9 Å². The zero-order chi connectivity index (χ0) is 21.1. The lowest BCUT2D eigenvalue weighted by atomic mass is 9.99. The summed E-state index contributed by atoms with van der Waals surface area (Å²) in [6.45, 7) is 0. The van der Waals surface area contributed by atoms with E-state index in [1.54, 1.807) is 18.2 Å². The molecule has 0 unspecified atom stereocenters. The number of hydrogen-bond acceptors (Lipinski definition) is 5. The third kappa shape index (κ3) is 3.63. The number of rotatable bonds is 4. The minimum atomic E-state index is -0.284. The predicted octanol–water partition coefficient (Wildman–Crippen LogP) is 4.57. The van der Waals surface area contributed by atoms with E-state index in [4.69, 9.17) is 14.5 Å². The van der Waals surface area contributed by atoms with Crippen LogP contribution in [0.5, 0.6) is 17.2 Å². The molecule has 30 heavy (non-hydrogen) atoms. The molecule has 4 rings (SSSR count). The van der Waals surface area contributed by atoms with Gasteiger partial charge >= 0.3 is 0 Å². The first-order valence-electron chi connectivity index (χ1n) is 9.32. The first kappa shape index (κ1) is 19.3. The second-order valence-electron chi connectivity index (χ2n) is 6.63. The quantitative estimate of drug-likeness (QED) is 0.629. The van der Waals surface area contributed by atoms with Crippen molar-refractivity contribution in [2.24, 2.45) is 4.99 Å². The van der Waals surface area contributed by atoms with Crippen molar-refractivity contribution in [3.63, 3.8) is 0 Å². The van der Waals surface area contributed by atoms with Crippen molar-refractivity contribution in [3.05, 3.63) is 83.4 Å². The number of carbonyl (C=O) groups excluding carboxylic acids is 1. The molecular weight excluding hydrogens is 380 g/mol. The number of aromatic hydroxyl groups is 1. The van der Waals surface area contributed by atoms with E-state index in [1.807, 2.05) is 54.6 Å². The summed E-state index contributed by atoms with van der Waals surface area (Å²) in [6.07, 6.45) is 1.71. The molecule has 1 amide bonds. The molecule has 0 radical (unpaired) electrons. The topological polar surface area (TPSA) is 80.2 Å². The Morgan fingerprint density at radius 3 is 2.23 bits per heavy atom. The molecule has 0 aromatic heterocycles. The summed E-state index contributed by atoms with van der Waals surface area (Å²) in [4.78, 5) is 18.0. The van der Waals surface area contributed by atoms with Crippen LogP contribution < -0.4 is 14.8 Å². The maximum Gasteiger partial charge on any atom is 0.257 e. The number of ether oxygens (including phenoxy) is 2. The number of hydrogen-bond donors (Lipinski definition) is 2. The average molecular weight is 400 g/mol. The fourth-order valence-electron chi connectivity index (χ4n) is 3.27. The monoisotopic (exact) mass is 400 g/mol. The minimum Gasteiger partial charge on any atom is -0.502 e. The highest BCUT2D eigenvalue weighted by molar-refractivity contribution is 6.35. The van der Waals surface area contributed by atoms with Gasteiger partial charge in [0.1, 0.15) is 0 Å². The first-order chi connectivity index (χ1) is 14.6. The Morgan fingerprint density at radius 1 is 0.933 bits per heavy atom. The highest BCUT2D eigenvalue weighted by Crippen LogP contribution is 2.38. The summed E-state index contributed by atoms with van der Waals surface area (Å²) in [5.74, 6) is 0.110. The normalized spacial score (nSPS) is 14.4. The molecule has 0 spiro atoms. The number of anilines is 1. The number of aliphatic imine (C=N–C) groups is 1. The molecule has 1 heterocycles. The van der Waals surface area contributed by atoms with Crippen LogP contribution in [0.4, 0.5) is 11.4 Å². The van der Waals surface area contributed by atoms with Gasteiger partial charge in [-0.05, 0) is 35.9 Å². The summed E-state index contributed by atoms with van der Waals surface area (Å²) in [5, 5.41) is 13.1. The van der Waals surface area contributed by atoms with Crippen molar-refractivity contribution in [1.82, 2.24) is 0 Å². The maximum atomic E-state index is 13.2. The molecule has 6 nitrogen and oxygen atoms in total. The SMILES string of the molecule is COc1cc(/C=C2/C(=O)Nc3ccccc3N=C2c2ccccc2)cc(OC)c1O. The molecular formula is C24H20N2O4. The highest BCUT2D eigenvalue weighted by atomic mass is 16.5. The number of methoxy groups -OCH3 is 2. The molecule has 0 atom stereocenters. The van der Waals surface area contributed by atoms with Gasteiger partial charge in [0, 0.05) is 5.56 Å². The van der Waals surface area contributed by atoms with E-state index in [1.165, 1.54) is 14.2 Å². The van der Waals surface area contributed by atoms with Gasteiger partial charge in [-0.1, -0.05) is 42.5 Å². The van der Waals surface area contributed by atoms with Crippen molar-refractivity contribution in [1.29, 1.82) is 0 Å². The molecule has 0 saturated carbocycles. The van der Waals surface area contributed by atoms with E-state index < -0.39 is 0 Å². The zero-order valence-electron chi connectivity index (χ0n) is 16.5. The van der Waals surface area contributed by atoms with Crippen LogP contribution in [0.25, 0.3) is 6.08 Å². The van der Waals surface area contributed by atoms with Crippen LogP contribution in [-0.4, -0.2) is 30.9 Å². The molecule has 3 aromatic rings. The third-order valence-corrected chi connectivity index (χ3v) is 4.74. The van der Waals surface area contributed by atoms with Gasteiger partial charge in [-0.15, -0.1) is 0 Å². The average Bonchev–Trinajstić information content (AvgIpc) is 2.91. The smallest absolute Gasteiger partial charge is 0.257 e. The Morgan fingerprint density at radius 2 is 1.57 bits per heavy atom. The lowest BCUT2D eigenvalue weighted by Crippen LogP contribution is -2.19. The number of fused-ring (bicyclic) bond motifs is 1. The van der Waals surface area contributed by atoms with Gasteiger partial charge in [0.15, 0.2) is 11.5 Å². The molecule has 6 heteroatoms. The Kier molecular flexibility index (Phi) is 5.22. The maximum absolute atomic E-state index is 13.2. The molecule has 0 bridgehead atoms. The molecule has 2 N–H and O–H groups in total. The van der Waals surface area contributed by atoms with Crippen molar-refractivity contribution >= 4 is 29.1 Å². The van der Waals surface area contributed by atoms with Crippen LogP contribution in [-0.2, 0) is 4.79 Å². The van der Waals surface area contributed by atoms with E-state index in [2.05, 4.69) is 5.32 Å². The van der Waals surface area contributed by atoms with E-state index in [0.29, 0.717) is 28.2 Å². The van der Waals surface area contributed by atoms with Crippen molar-refractivity contribution < 1.29 is 19.4 Å². The summed E-state index contributed by atoms with van der Waals surface area (Å²) in [6, 6.07) is 20.2. The Balaban J connectivity index is 1.92. The summed E-state index contributed by atoms with van der Waals surface area (Å²) >= 11 is 0. The standard InChI is InChI=1S/C24H20N2O4/c1-29-20-13-15(14-21(30-2)23(20)27)12-17-22(16-8-4-3-5-9-16)25-18-10-6-7-11-19(18)26-24(17)28/h3-14,27H,1-2H3,(H,26,28)/b17-12+. The van der Waals surface area contributed by atoms with Gasteiger partial charge in [-0.3, -0.25) is 4.79 Å². The minimum absolute atomic E-state index is 0.100. The Labute approximate surface area is 174 Å². The van der Waals surface area contributed by atoms with Gasteiger partial charge in [-0.25, -0.2) is 4.99 Å². The zero-order valence-corrected chi connectivity index (χ0v) is 16.5. The number of carbonyl (C=O) groups is 1. The molecule has 150 valence electrons. The second-order valence-corrected chi connectivity index (χ2v) is 6.63. The predicted molar refractivity (Wildman–Crippen MR) is 117 cm³/mol. The Hall–Kier alpha value is -4.06. The van der Waals surface area contributed by atoms with Gasteiger partial charge in [-0.2, -0.15) is 0 Å². The molecule has 1 aliphatic heterocycles. The van der Waals surface area contributed by atoms with Crippen LogP contribution in [0, 0.1) is 0 Å². The summed E-state index contributed by atoms with van der Waals surface area (Å²) in [5.41, 5.74) is 3.68. The highest BCUT2D eigenvalue weighted by Gasteiger charge is 2.23. The van der Waals surface area contributed by atoms with Crippen LogP contribution >= 0.6 is 0 Å². The molecule has 0 saturated heterocycles. The lowest BCUT2D eigenvalue weighted by molar-refractivity contribution is -0.112. The number of nitrogens with one attached hydrogen (secondary N) is 1. The van der Waals surface area contributed by atoms with Gasteiger partial charge < -0.3 is 19.9 Å². The first-order valence-corrected chi connectivity index (χ1v) is 9.32.